The Balaban J connectivity index is 3.33. The highest BCUT2D eigenvalue weighted by Gasteiger charge is 2.21. The van der Waals surface area contributed by atoms with Crippen molar-refractivity contribution in [3.05, 3.63) is 34.9 Å². The van der Waals surface area contributed by atoms with Crippen molar-refractivity contribution < 1.29 is 17.6 Å². The Bertz CT molecular complexity index is 351. The Labute approximate surface area is 78.5 Å². The molecular weight excluding hydrogens is 198 g/mol. The summed E-state index contributed by atoms with van der Waals surface area (Å²) in [6.07, 6.45) is 0.307. The first-order chi connectivity index (χ1) is 6.49. The lowest BCUT2D eigenvalue weighted by Crippen LogP contribution is -2.13. The van der Waals surface area contributed by atoms with Crippen LogP contribution < -0.4 is 5.73 Å². The summed E-state index contributed by atoms with van der Waals surface area (Å²) in [5.41, 5.74) is 5.04. The summed E-state index contributed by atoms with van der Waals surface area (Å²) in [5.74, 6) is -6.47. The molecule has 0 fully saturated rings. The first-order valence-electron chi connectivity index (χ1n) is 4.07. The SMILES string of the molecule is CCC(N)c1cc(F)c(F)c(F)c1F. The lowest BCUT2D eigenvalue weighted by atomic mass is 10.0. The quantitative estimate of drug-likeness (QED) is 0.450. The summed E-state index contributed by atoms with van der Waals surface area (Å²) >= 11 is 0. The van der Waals surface area contributed by atoms with E-state index < -0.39 is 29.3 Å². The van der Waals surface area contributed by atoms with Crippen LogP contribution in [-0.4, -0.2) is 0 Å². The molecule has 1 nitrogen and oxygen atoms in total. The average Bonchev–Trinajstić information content (AvgIpc) is 2.19. The third-order valence-electron chi connectivity index (χ3n) is 1.97. The Morgan fingerprint density at radius 2 is 1.71 bits per heavy atom. The summed E-state index contributed by atoms with van der Waals surface area (Å²) in [5, 5.41) is 0. The van der Waals surface area contributed by atoms with Crippen molar-refractivity contribution in [3.8, 4) is 0 Å². The molecule has 0 aliphatic carbocycles. The van der Waals surface area contributed by atoms with Crippen LogP contribution in [0.2, 0.25) is 0 Å². The summed E-state index contributed by atoms with van der Waals surface area (Å²) < 4.78 is 50.9. The van der Waals surface area contributed by atoms with Crippen LogP contribution in [0.5, 0.6) is 0 Å². The van der Waals surface area contributed by atoms with Crippen molar-refractivity contribution in [1.29, 1.82) is 0 Å². The second kappa shape index (κ2) is 3.96. The van der Waals surface area contributed by atoms with E-state index in [9.17, 15) is 17.6 Å². The van der Waals surface area contributed by atoms with E-state index in [2.05, 4.69) is 0 Å². The van der Waals surface area contributed by atoms with E-state index in [-0.39, 0.29) is 5.56 Å². The van der Waals surface area contributed by atoms with Gasteiger partial charge in [0.05, 0.1) is 0 Å². The average molecular weight is 207 g/mol. The maximum Gasteiger partial charge on any atom is 0.197 e. The highest BCUT2D eigenvalue weighted by molar-refractivity contribution is 5.24. The molecular formula is C9H9F4N. The molecule has 1 aromatic rings. The van der Waals surface area contributed by atoms with E-state index in [0.29, 0.717) is 12.5 Å². The van der Waals surface area contributed by atoms with Gasteiger partial charge in [-0.15, -0.1) is 0 Å². The number of benzene rings is 1. The molecule has 0 saturated carbocycles. The van der Waals surface area contributed by atoms with Gasteiger partial charge >= 0.3 is 0 Å². The highest BCUT2D eigenvalue weighted by Crippen LogP contribution is 2.23. The molecule has 2 N–H and O–H groups in total. The molecule has 0 radical (unpaired) electrons. The van der Waals surface area contributed by atoms with Crippen LogP contribution in [0.3, 0.4) is 0 Å². The molecule has 14 heavy (non-hydrogen) atoms. The summed E-state index contributed by atoms with van der Waals surface area (Å²) in [6, 6.07) is -0.248. The third kappa shape index (κ3) is 1.72. The van der Waals surface area contributed by atoms with Gasteiger partial charge in [-0.1, -0.05) is 6.92 Å². The summed E-state index contributed by atoms with van der Waals surface area (Å²) in [7, 11) is 0. The maximum atomic E-state index is 13.0. The fourth-order valence-corrected chi connectivity index (χ4v) is 1.08. The van der Waals surface area contributed by atoms with E-state index >= 15 is 0 Å². The van der Waals surface area contributed by atoms with Gasteiger partial charge in [0.1, 0.15) is 0 Å². The predicted molar refractivity (Wildman–Crippen MR) is 43.5 cm³/mol. The van der Waals surface area contributed by atoms with Crippen LogP contribution in [-0.2, 0) is 0 Å². The van der Waals surface area contributed by atoms with Crippen LogP contribution in [0.25, 0.3) is 0 Å². The molecule has 5 heteroatoms. The molecule has 0 amide bonds. The molecule has 78 valence electrons. The van der Waals surface area contributed by atoms with Gasteiger partial charge in [0.2, 0.25) is 0 Å². The second-order valence-electron chi connectivity index (χ2n) is 2.90. The van der Waals surface area contributed by atoms with E-state index in [1.54, 1.807) is 6.92 Å². The monoisotopic (exact) mass is 207 g/mol. The van der Waals surface area contributed by atoms with E-state index in [1.165, 1.54) is 0 Å². The largest absolute Gasteiger partial charge is 0.324 e. The Morgan fingerprint density at radius 1 is 1.14 bits per heavy atom. The normalized spacial score (nSPS) is 13.0. The fourth-order valence-electron chi connectivity index (χ4n) is 1.08. The Hall–Kier alpha value is -1.10. The lowest BCUT2D eigenvalue weighted by Gasteiger charge is -2.11. The minimum absolute atomic E-state index is 0.307. The molecule has 0 spiro atoms. The first kappa shape index (κ1) is 11.0. The van der Waals surface area contributed by atoms with Crippen molar-refractivity contribution in [2.75, 3.05) is 0 Å². The van der Waals surface area contributed by atoms with Crippen LogP contribution in [0.4, 0.5) is 17.6 Å². The molecule has 0 aliphatic heterocycles. The minimum atomic E-state index is -1.82. The molecule has 0 heterocycles. The van der Waals surface area contributed by atoms with Crippen LogP contribution in [0.1, 0.15) is 24.9 Å². The van der Waals surface area contributed by atoms with Gasteiger partial charge in [0.15, 0.2) is 23.3 Å². The number of nitrogens with two attached hydrogens (primary N) is 1. The molecule has 0 aromatic heterocycles. The molecule has 1 aromatic carbocycles. The van der Waals surface area contributed by atoms with E-state index in [0.717, 1.165) is 0 Å². The third-order valence-corrected chi connectivity index (χ3v) is 1.97. The zero-order valence-corrected chi connectivity index (χ0v) is 7.45. The van der Waals surface area contributed by atoms with Crippen LogP contribution in [0.15, 0.2) is 6.07 Å². The van der Waals surface area contributed by atoms with Gasteiger partial charge in [-0.25, -0.2) is 17.6 Å². The Morgan fingerprint density at radius 3 is 2.21 bits per heavy atom. The minimum Gasteiger partial charge on any atom is -0.324 e. The van der Waals surface area contributed by atoms with Crippen LogP contribution in [0, 0.1) is 23.3 Å². The van der Waals surface area contributed by atoms with Gasteiger partial charge < -0.3 is 5.73 Å². The van der Waals surface area contributed by atoms with Gasteiger partial charge in [-0.3, -0.25) is 0 Å². The van der Waals surface area contributed by atoms with E-state index in [1.807, 2.05) is 0 Å². The maximum absolute atomic E-state index is 13.0. The van der Waals surface area contributed by atoms with Crippen LogP contribution >= 0.6 is 0 Å². The van der Waals surface area contributed by atoms with Gasteiger partial charge in [0, 0.05) is 11.6 Å². The van der Waals surface area contributed by atoms with Gasteiger partial charge in [-0.2, -0.15) is 0 Å². The smallest absolute Gasteiger partial charge is 0.197 e. The summed E-state index contributed by atoms with van der Waals surface area (Å²) in [4.78, 5) is 0. The molecule has 1 unspecified atom stereocenters. The molecule has 1 rings (SSSR count). The van der Waals surface area contributed by atoms with Crippen molar-refractivity contribution in [1.82, 2.24) is 0 Å². The van der Waals surface area contributed by atoms with Crippen molar-refractivity contribution in [3.63, 3.8) is 0 Å². The second-order valence-corrected chi connectivity index (χ2v) is 2.90. The first-order valence-corrected chi connectivity index (χ1v) is 4.07. The number of hydrogen-bond donors (Lipinski definition) is 1. The highest BCUT2D eigenvalue weighted by atomic mass is 19.2. The number of hydrogen-bond acceptors (Lipinski definition) is 1. The zero-order chi connectivity index (χ0) is 10.9. The number of rotatable bonds is 2. The fraction of sp³-hybridized carbons (Fsp3) is 0.333. The Kier molecular flexibility index (Phi) is 3.10. The molecule has 0 aliphatic rings. The van der Waals surface area contributed by atoms with E-state index in [4.69, 9.17) is 5.73 Å². The molecule has 0 bridgehead atoms. The predicted octanol–water partition coefficient (Wildman–Crippen LogP) is 2.65. The number of halogens is 4. The topological polar surface area (TPSA) is 26.0 Å². The molecule has 0 saturated heterocycles. The van der Waals surface area contributed by atoms with Crippen molar-refractivity contribution in [2.45, 2.75) is 19.4 Å². The van der Waals surface area contributed by atoms with Crippen molar-refractivity contribution >= 4 is 0 Å². The lowest BCUT2D eigenvalue weighted by molar-refractivity contribution is 0.399. The standard InChI is InChI=1S/C9H9F4N/c1-2-6(14)4-3-5(10)8(12)9(13)7(4)11/h3,6H,2,14H2,1H3. The van der Waals surface area contributed by atoms with Gasteiger partial charge in [-0.05, 0) is 12.5 Å². The zero-order valence-electron chi connectivity index (χ0n) is 7.45. The van der Waals surface area contributed by atoms with Crippen molar-refractivity contribution in [2.24, 2.45) is 5.73 Å². The summed E-state index contributed by atoms with van der Waals surface area (Å²) in [6.45, 7) is 1.63. The molecule has 1 atom stereocenters. The van der Waals surface area contributed by atoms with Gasteiger partial charge in [0.25, 0.3) is 0 Å².